The number of carbonyl (C=O) groups excluding carboxylic acids is 1. The molecule has 19 heavy (non-hydrogen) atoms. The summed E-state index contributed by atoms with van der Waals surface area (Å²) in [7, 11) is 3.42. The quantitative estimate of drug-likeness (QED) is 0.503. The standard InChI is InChI=1S/C14H20N2O3/c1-10-5-6-12(11(2)15-18)13(9-10)19-8-7-14(17)16(3)4/h5-6,9,18H,7-8H2,1-4H3. The number of hydrogen-bond acceptors (Lipinski definition) is 4. The summed E-state index contributed by atoms with van der Waals surface area (Å²) in [5.74, 6) is 0.642. The molecule has 0 saturated carbocycles. The van der Waals surface area contributed by atoms with Gasteiger partial charge >= 0.3 is 0 Å². The maximum Gasteiger partial charge on any atom is 0.225 e. The van der Waals surface area contributed by atoms with E-state index in [1.54, 1.807) is 21.0 Å². The number of hydrogen-bond donors (Lipinski definition) is 1. The van der Waals surface area contributed by atoms with Crippen molar-refractivity contribution in [1.29, 1.82) is 0 Å². The zero-order chi connectivity index (χ0) is 14.4. The highest BCUT2D eigenvalue weighted by Gasteiger charge is 2.09. The van der Waals surface area contributed by atoms with Crippen LogP contribution in [-0.4, -0.2) is 42.4 Å². The SMILES string of the molecule is CC(=NO)c1ccc(C)cc1OCCC(=O)N(C)C. The van der Waals surface area contributed by atoms with Crippen LogP contribution >= 0.6 is 0 Å². The van der Waals surface area contributed by atoms with Crippen molar-refractivity contribution in [1.82, 2.24) is 4.90 Å². The molecule has 0 saturated heterocycles. The minimum absolute atomic E-state index is 0.0155. The maximum atomic E-state index is 11.5. The largest absolute Gasteiger partial charge is 0.492 e. The summed E-state index contributed by atoms with van der Waals surface area (Å²) < 4.78 is 5.62. The molecule has 0 bridgehead atoms. The first kappa shape index (κ1) is 15.0. The van der Waals surface area contributed by atoms with Crippen LogP contribution in [0.3, 0.4) is 0 Å². The van der Waals surface area contributed by atoms with Crippen molar-refractivity contribution in [2.75, 3.05) is 20.7 Å². The predicted molar refractivity (Wildman–Crippen MR) is 74.0 cm³/mol. The third-order valence-corrected chi connectivity index (χ3v) is 2.75. The zero-order valence-corrected chi connectivity index (χ0v) is 11.8. The molecule has 0 fully saturated rings. The molecule has 0 aromatic heterocycles. The van der Waals surface area contributed by atoms with Gasteiger partial charge in [-0.1, -0.05) is 11.2 Å². The number of carbonyl (C=O) groups is 1. The van der Waals surface area contributed by atoms with Gasteiger partial charge in [0.25, 0.3) is 0 Å². The van der Waals surface area contributed by atoms with Gasteiger partial charge < -0.3 is 14.8 Å². The maximum absolute atomic E-state index is 11.5. The summed E-state index contributed by atoms with van der Waals surface area (Å²) in [6, 6.07) is 5.62. The van der Waals surface area contributed by atoms with Gasteiger partial charge in [0.05, 0.1) is 18.7 Å². The van der Waals surface area contributed by atoms with Crippen molar-refractivity contribution in [3.63, 3.8) is 0 Å². The van der Waals surface area contributed by atoms with Crippen molar-refractivity contribution in [3.05, 3.63) is 29.3 Å². The number of oxime groups is 1. The van der Waals surface area contributed by atoms with E-state index in [9.17, 15) is 4.79 Å². The lowest BCUT2D eigenvalue weighted by Gasteiger charge is -2.13. The van der Waals surface area contributed by atoms with Crippen molar-refractivity contribution in [2.45, 2.75) is 20.3 Å². The summed E-state index contributed by atoms with van der Waals surface area (Å²) >= 11 is 0. The van der Waals surface area contributed by atoms with E-state index in [0.717, 1.165) is 11.1 Å². The molecule has 1 N–H and O–H groups in total. The Morgan fingerprint density at radius 1 is 1.42 bits per heavy atom. The van der Waals surface area contributed by atoms with Crippen molar-refractivity contribution in [3.8, 4) is 5.75 Å². The van der Waals surface area contributed by atoms with E-state index in [-0.39, 0.29) is 5.91 Å². The molecule has 0 unspecified atom stereocenters. The van der Waals surface area contributed by atoms with Crippen LogP contribution in [0.5, 0.6) is 5.75 Å². The first-order valence-corrected chi connectivity index (χ1v) is 6.08. The molecular weight excluding hydrogens is 244 g/mol. The average molecular weight is 264 g/mol. The molecule has 0 radical (unpaired) electrons. The number of rotatable bonds is 5. The Balaban J connectivity index is 2.77. The van der Waals surface area contributed by atoms with Crippen LogP contribution in [-0.2, 0) is 4.79 Å². The van der Waals surface area contributed by atoms with E-state index in [4.69, 9.17) is 9.94 Å². The predicted octanol–water partition coefficient (Wildman–Crippen LogP) is 2.05. The van der Waals surface area contributed by atoms with Crippen LogP contribution in [0.2, 0.25) is 0 Å². The van der Waals surface area contributed by atoms with Gasteiger partial charge in [-0.25, -0.2) is 0 Å². The van der Waals surface area contributed by atoms with E-state index in [1.165, 1.54) is 4.90 Å². The van der Waals surface area contributed by atoms with Gasteiger partial charge in [-0.3, -0.25) is 4.79 Å². The first-order chi connectivity index (χ1) is 8.95. The molecule has 0 aliphatic carbocycles. The molecule has 5 heteroatoms. The van der Waals surface area contributed by atoms with Crippen LogP contribution in [0.25, 0.3) is 0 Å². The second-order valence-electron chi connectivity index (χ2n) is 4.57. The Labute approximate surface area is 113 Å². The first-order valence-electron chi connectivity index (χ1n) is 6.08. The Morgan fingerprint density at radius 3 is 2.68 bits per heavy atom. The Kier molecular flexibility index (Phi) is 5.36. The van der Waals surface area contributed by atoms with Gasteiger partial charge in [0.15, 0.2) is 0 Å². The summed E-state index contributed by atoms with van der Waals surface area (Å²) in [4.78, 5) is 13.0. The van der Waals surface area contributed by atoms with Crippen LogP contribution in [0, 0.1) is 6.92 Å². The number of benzene rings is 1. The fourth-order valence-electron chi connectivity index (χ4n) is 1.57. The number of ether oxygens (including phenoxy) is 1. The minimum Gasteiger partial charge on any atom is -0.492 e. The van der Waals surface area contributed by atoms with Gasteiger partial charge in [-0.05, 0) is 31.5 Å². The highest BCUT2D eigenvalue weighted by Crippen LogP contribution is 2.21. The summed E-state index contributed by atoms with van der Waals surface area (Å²) in [6.45, 7) is 3.95. The molecular formula is C14H20N2O3. The van der Waals surface area contributed by atoms with E-state index in [1.807, 2.05) is 25.1 Å². The monoisotopic (exact) mass is 264 g/mol. The molecule has 104 valence electrons. The molecule has 0 atom stereocenters. The summed E-state index contributed by atoms with van der Waals surface area (Å²) in [5.41, 5.74) is 2.25. The lowest BCUT2D eigenvalue weighted by atomic mass is 10.1. The molecule has 1 amide bonds. The zero-order valence-electron chi connectivity index (χ0n) is 11.8. The molecule has 0 spiro atoms. The summed E-state index contributed by atoms with van der Waals surface area (Å²) in [5, 5.41) is 12.0. The highest BCUT2D eigenvalue weighted by atomic mass is 16.5. The van der Waals surface area contributed by atoms with E-state index in [0.29, 0.717) is 24.5 Å². The van der Waals surface area contributed by atoms with Crippen LogP contribution in [0.1, 0.15) is 24.5 Å². The smallest absolute Gasteiger partial charge is 0.225 e. The van der Waals surface area contributed by atoms with Gasteiger partial charge in [0.2, 0.25) is 5.91 Å². The lowest BCUT2D eigenvalue weighted by molar-refractivity contribution is -0.129. The van der Waals surface area contributed by atoms with Gasteiger partial charge in [-0.15, -0.1) is 0 Å². The van der Waals surface area contributed by atoms with Crippen molar-refractivity contribution in [2.24, 2.45) is 5.16 Å². The van der Waals surface area contributed by atoms with Crippen LogP contribution < -0.4 is 4.74 Å². The van der Waals surface area contributed by atoms with Gasteiger partial charge in [0.1, 0.15) is 5.75 Å². The van der Waals surface area contributed by atoms with Crippen LogP contribution in [0.15, 0.2) is 23.4 Å². The van der Waals surface area contributed by atoms with Gasteiger partial charge in [-0.2, -0.15) is 0 Å². The minimum atomic E-state index is 0.0155. The van der Waals surface area contributed by atoms with Crippen molar-refractivity contribution >= 4 is 11.6 Å². The molecule has 0 aliphatic rings. The van der Waals surface area contributed by atoms with E-state index < -0.39 is 0 Å². The third-order valence-electron chi connectivity index (χ3n) is 2.75. The van der Waals surface area contributed by atoms with E-state index in [2.05, 4.69) is 5.16 Å². The number of nitrogens with zero attached hydrogens (tertiary/aromatic N) is 2. The molecule has 1 aromatic carbocycles. The lowest BCUT2D eigenvalue weighted by Crippen LogP contribution is -2.23. The Bertz CT molecular complexity index is 482. The molecule has 1 rings (SSSR count). The Morgan fingerprint density at radius 2 is 2.11 bits per heavy atom. The third kappa shape index (κ3) is 4.28. The fraction of sp³-hybridized carbons (Fsp3) is 0.429. The van der Waals surface area contributed by atoms with Crippen LogP contribution in [0.4, 0.5) is 0 Å². The Hall–Kier alpha value is -2.04. The average Bonchev–Trinajstić information content (AvgIpc) is 2.37. The van der Waals surface area contributed by atoms with Crippen molar-refractivity contribution < 1.29 is 14.7 Å². The molecule has 0 heterocycles. The molecule has 5 nitrogen and oxygen atoms in total. The summed E-state index contributed by atoms with van der Waals surface area (Å²) in [6.07, 6.45) is 0.315. The second-order valence-corrected chi connectivity index (χ2v) is 4.57. The fourth-order valence-corrected chi connectivity index (χ4v) is 1.57. The highest BCUT2D eigenvalue weighted by molar-refractivity contribution is 6.00. The molecule has 1 aromatic rings. The topological polar surface area (TPSA) is 62.1 Å². The second kappa shape index (κ2) is 6.78. The van der Waals surface area contributed by atoms with E-state index >= 15 is 0 Å². The number of amides is 1. The number of aryl methyl sites for hydroxylation is 1. The molecule has 0 aliphatic heterocycles. The van der Waals surface area contributed by atoms with Gasteiger partial charge in [0, 0.05) is 19.7 Å². The normalized spacial score (nSPS) is 11.3.